The molecule has 146 valence electrons. The number of benzene rings is 2. The number of nitro groups is 1. The summed E-state index contributed by atoms with van der Waals surface area (Å²) in [5.74, 6) is 0.710. The van der Waals surface area contributed by atoms with E-state index < -0.39 is 11.1 Å². The van der Waals surface area contributed by atoms with Gasteiger partial charge in [-0.25, -0.2) is 9.98 Å². The van der Waals surface area contributed by atoms with Crippen LogP contribution >= 0.6 is 0 Å². The number of aliphatic imine (C=N–C) groups is 1. The predicted molar refractivity (Wildman–Crippen MR) is 110 cm³/mol. The van der Waals surface area contributed by atoms with E-state index in [2.05, 4.69) is 20.6 Å². The summed E-state index contributed by atoms with van der Waals surface area (Å²) in [6.45, 7) is 3.71. The molecule has 0 fully saturated rings. The average molecular weight is 390 g/mol. The van der Waals surface area contributed by atoms with Crippen LogP contribution in [0.3, 0.4) is 0 Å². The summed E-state index contributed by atoms with van der Waals surface area (Å²) in [6, 6.07) is 15.2. The lowest BCUT2D eigenvalue weighted by molar-refractivity contribution is -0.384. The monoisotopic (exact) mass is 390 g/mol. The molecule has 9 nitrogen and oxygen atoms in total. The summed E-state index contributed by atoms with van der Waals surface area (Å²) in [5.41, 5.74) is 2.60. The minimum atomic E-state index is -0.793. The maximum Gasteiger partial charge on any atom is 0.269 e. The quantitative estimate of drug-likeness (QED) is 0.524. The van der Waals surface area contributed by atoms with E-state index >= 15 is 0 Å². The van der Waals surface area contributed by atoms with Crippen molar-refractivity contribution in [1.82, 2.24) is 9.55 Å². The normalized spacial score (nSPS) is 15.1. The molecule has 1 aliphatic heterocycles. The van der Waals surface area contributed by atoms with Gasteiger partial charge in [0.25, 0.3) is 11.2 Å². The minimum absolute atomic E-state index is 0.0703. The third-order valence-electron chi connectivity index (χ3n) is 4.47. The van der Waals surface area contributed by atoms with Gasteiger partial charge in [-0.2, -0.15) is 0 Å². The summed E-state index contributed by atoms with van der Waals surface area (Å²) in [5, 5.41) is 17.4. The van der Waals surface area contributed by atoms with Gasteiger partial charge in [0, 0.05) is 35.1 Å². The number of aromatic nitrogens is 2. The lowest BCUT2D eigenvalue weighted by Gasteiger charge is -2.27. The van der Waals surface area contributed by atoms with Crippen molar-refractivity contribution in [3.8, 4) is 0 Å². The number of nitro benzene ring substituents is 1. The third-order valence-corrected chi connectivity index (χ3v) is 4.47. The molecular formula is C20H18N6O3. The molecule has 0 amide bonds. The zero-order valence-electron chi connectivity index (χ0n) is 15.8. The van der Waals surface area contributed by atoms with Crippen LogP contribution in [0.4, 0.5) is 17.3 Å². The van der Waals surface area contributed by atoms with Gasteiger partial charge in [0.2, 0.25) is 11.9 Å². The highest BCUT2D eigenvalue weighted by atomic mass is 16.6. The van der Waals surface area contributed by atoms with E-state index in [0.29, 0.717) is 23.2 Å². The van der Waals surface area contributed by atoms with Crippen molar-refractivity contribution in [3.05, 3.63) is 91.9 Å². The average Bonchev–Trinajstić information content (AvgIpc) is 2.67. The Balaban J connectivity index is 1.82. The summed E-state index contributed by atoms with van der Waals surface area (Å²) in [6.07, 6.45) is -0.793. The molecule has 1 atom stereocenters. The number of guanidine groups is 1. The maximum absolute atomic E-state index is 12.7. The number of hydrogen-bond acceptors (Lipinski definition) is 7. The van der Waals surface area contributed by atoms with Crippen molar-refractivity contribution in [2.24, 2.45) is 4.99 Å². The van der Waals surface area contributed by atoms with Gasteiger partial charge in [-0.1, -0.05) is 24.3 Å². The highest BCUT2D eigenvalue weighted by Gasteiger charge is 2.26. The van der Waals surface area contributed by atoms with Crippen LogP contribution in [0.2, 0.25) is 0 Å². The fraction of sp³-hybridized carbons (Fsp3) is 0.150. The molecule has 0 spiro atoms. The molecule has 0 saturated heterocycles. The van der Waals surface area contributed by atoms with E-state index in [1.807, 2.05) is 31.2 Å². The van der Waals surface area contributed by atoms with Crippen molar-refractivity contribution in [3.63, 3.8) is 0 Å². The van der Waals surface area contributed by atoms with Crippen molar-refractivity contribution in [1.29, 1.82) is 0 Å². The Morgan fingerprint density at radius 2 is 1.93 bits per heavy atom. The van der Waals surface area contributed by atoms with E-state index in [0.717, 1.165) is 11.3 Å². The Labute approximate surface area is 165 Å². The molecule has 1 aromatic heterocycles. The van der Waals surface area contributed by atoms with Gasteiger partial charge in [-0.05, 0) is 31.5 Å². The zero-order chi connectivity index (χ0) is 20.5. The second kappa shape index (κ2) is 7.19. The smallest absolute Gasteiger partial charge is 0.269 e. The Bertz CT molecular complexity index is 1200. The molecule has 0 radical (unpaired) electrons. The van der Waals surface area contributed by atoms with Gasteiger partial charge in [0.1, 0.15) is 0 Å². The van der Waals surface area contributed by atoms with Gasteiger partial charge in [-0.15, -0.1) is 0 Å². The van der Waals surface area contributed by atoms with Crippen LogP contribution in [-0.4, -0.2) is 20.4 Å². The second-order valence-electron chi connectivity index (χ2n) is 6.75. The first-order chi connectivity index (χ1) is 13.9. The fourth-order valence-electron chi connectivity index (χ4n) is 3.19. The largest absolute Gasteiger partial charge is 0.326 e. The van der Waals surface area contributed by atoms with E-state index in [-0.39, 0.29) is 11.2 Å². The van der Waals surface area contributed by atoms with Gasteiger partial charge in [0.15, 0.2) is 6.17 Å². The first kappa shape index (κ1) is 18.4. The van der Waals surface area contributed by atoms with Crippen LogP contribution in [0.1, 0.15) is 23.0 Å². The lowest BCUT2D eigenvalue weighted by Crippen LogP contribution is -2.37. The first-order valence-electron chi connectivity index (χ1n) is 8.94. The van der Waals surface area contributed by atoms with Gasteiger partial charge >= 0.3 is 0 Å². The number of hydrogen-bond donors (Lipinski definition) is 2. The van der Waals surface area contributed by atoms with Gasteiger partial charge in [-0.3, -0.25) is 24.8 Å². The van der Waals surface area contributed by atoms with Crippen LogP contribution < -0.4 is 16.2 Å². The van der Waals surface area contributed by atoms with E-state index in [1.165, 1.54) is 22.8 Å². The second-order valence-corrected chi connectivity index (χ2v) is 6.75. The molecule has 4 rings (SSSR count). The van der Waals surface area contributed by atoms with Crippen molar-refractivity contribution >= 4 is 23.3 Å². The SMILES string of the molecule is Cc1cccc(NC2=N[C@H](c3cccc([N+](=O)[O-])c3)n3c(nc(C)cc3=O)N2)c1. The molecule has 2 heterocycles. The van der Waals surface area contributed by atoms with Crippen LogP contribution in [0.15, 0.2) is 64.4 Å². The Morgan fingerprint density at radius 1 is 1.14 bits per heavy atom. The molecular weight excluding hydrogens is 372 g/mol. The number of nitrogens with zero attached hydrogens (tertiary/aromatic N) is 4. The van der Waals surface area contributed by atoms with Crippen LogP contribution in [0.25, 0.3) is 0 Å². The first-order valence-corrected chi connectivity index (χ1v) is 8.94. The Morgan fingerprint density at radius 3 is 2.69 bits per heavy atom. The van der Waals surface area contributed by atoms with Crippen molar-refractivity contribution < 1.29 is 4.92 Å². The number of fused-ring (bicyclic) bond motifs is 1. The molecule has 3 aromatic rings. The van der Waals surface area contributed by atoms with Crippen LogP contribution in [-0.2, 0) is 0 Å². The molecule has 0 bridgehead atoms. The molecule has 9 heteroatoms. The van der Waals surface area contributed by atoms with E-state index in [9.17, 15) is 14.9 Å². The Hall–Kier alpha value is -4.01. The molecule has 2 aromatic carbocycles. The third kappa shape index (κ3) is 3.70. The molecule has 0 aliphatic carbocycles. The number of anilines is 2. The van der Waals surface area contributed by atoms with Crippen LogP contribution in [0.5, 0.6) is 0 Å². The van der Waals surface area contributed by atoms with Gasteiger partial charge in [0.05, 0.1) is 4.92 Å². The highest BCUT2D eigenvalue weighted by molar-refractivity contribution is 6.03. The number of rotatable bonds is 3. The highest BCUT2D eigenvalue weighted by Crippen LogP contribution is 2.28. The lowest BCUT2D eigenvalue weighted by atomic mass is 10.1. The summed E-state index contributed by atoms with van der Waals surface area (Å²) >= 11 is 0. The molecule has 1 aliphatic rings. The van der Waals surface area contributed by atoms with Crippen LogP contribution in [0, 0.1) is 24.0 Å². The van der Waals surface area contributed by atoms with Gasteiger partial charge < -0.3 is 5.32 Å². The topological polar surface area (TPSA) is 114 Å². The summed E-state index contributed by atoms with van der Waals surface area (Å²) < 4.78 is 1.38. The number of non-ortho nitro benzene ring substituents is 1. The molecule has 29 heavy (non-hydrogen) atoms. The molecule has 2 N–H and O–H groups in total. The number of nitrogens with one attached hydrogen (secondary N) is 2. The summed E-state index contributed by atoms with van der Waals surface area (Å²) in [4.78, 5) is 32.4. The van der Waals surface area contributed by atoms with E-state index in [4.69, 9.17) is 0 Å². The summed E-state index contributed by atoms with van der Waals surface area (Å²) in [7, 11) is 0. The maximum atomic E-state index is 12.7. The molecule has 0 saturated carbocycles. The predicted octanol–water partition coefficient (Wildman–Crippen LogP) is 3.21. The zero-order valence-corrected chi connectivity index (χ0v) is 15.8. The molecule has 0 unspecified atom stereocenters. The van der Waals surface area contributed by atoms with Crippen molar-refractivity contribution in [2.45, 2.75) is 20.0 Å². The minimum Gasteiger partial charge on any atom is -0.326 e. The van der Waals surface area contributed by atoms with E-state index in [1.54, 1.807) is 19.1 Å². The fourth-order valence-corrected chi connectivity index (χ4v) is 3.19. The Kier molecular flexibility index (Phi) is 4.55. The standard InChI is InChI=1S/C20H18N6O3/c1-12-5-3-7-15(9-12)22-19-23-18(14-6-4-8-16(11-14)26(28)29)25-17(27)10-13(2)21-20(25)24-19/h3-11,18H,1-2H3,(H2,21,22,23,24)/t18-/m0/s1. The van der Waals surface area contributed by atoms with Crippen molar-refractivity contribution in [2.75, 3.05) is 10.6 Å². The number of aryl methyl sites for hydroxylation is 2.